The van der Waals surface area contributed by atoms with Crippen LogP contribution in [0.25, 0.3) is 0 Å². The Balaban J connectivity index is 1.90. The number of methoxy groups -OCH3 is 2. The number of halogens is 2. The highest BCUT2D eigenvalue weighted by atomic mass is 35.5. The Morgan fingerprint density at radius 2 is 1.61 bits per heavy atom. The van der Waals surface area contributed by atoms with E-state index >= 15 is 0 Å². The lowest BCUT2D eigenvalue weighted by Gasteiger charge is -2.24. The zero-order valence-corrected chi connectivity index (χ0v) is 20.0. The Hall–Kier alpha value is -3.16. The third kappa shape index (κ3) is 5.80. The summed E-state index contributed by atoms with van der Waals surface area (Å²) in [6.07, 6.45) is 0.500. The zero-order chi connectivity index (χ0) is 24.1. The zero-order valence-electron chi connectivity index (χ0n) is 18.5. The fourth-order valence-electron chi connectivity index (χ4n) is 3.42. The Labute approximate surface area is 201 Å². The molecule has 0 amide bonds. The van der Waals surface area contributed by atoms with Crippen molar-refractivity contribution in [1.29, 1.82) is 0 Å². The van der Waals surface area contributed by atoms with E-state index in [2.05, 4.69) is 0 Å². The van der Waals surface area contributed by atoms with Crippen LogP contribution < -0.4 is 19.9 Å². The van der Waals surface area contributed by atoms with Gasteiger partial charge in [-0.3, -0.25) is 4.79 Å². The number of aryl methyl sites for hydroxylation is 1. The largest absolute Gasteiger partial charge is 0.497 e. The molecule has 0 aliphatic heterocycles. The van der Waals surface area contributed by atoms with Crippen LogP contribution >= 0.6 is 23.2 Å². The van der Waals surface area contributed by atoms with Crippen LogP contribution in [0, 0.1) is 0 Å². The average Bonchev–Trinajstić information content (AvgIpc) is 2.81. The summed E-state index contributed by atoms with van der Waals surface area (Å²) >= 11 is 12.6. The maximum atomic E-state index is 12.9. The molecule has 0 saturated heterocycles. The second-order valence-electron chi connectivity index (χ2n) is 7.42. The summed E-state index contributed by atoms with van der Waals surface area (Å²) in [6.45, 7) is 0.662. The monoisotopic (exact) mass is 490 g/mol. The molecule has 1 aromatic heterocycles. The van der Waals surface area contributed by atoms with Gasteiger partial charge in [-0.1, -0.05) is 35.3 Å². The van der Waals surface area contributed by atoms with Crippen LogP contribution in [0.4, 0.5) is 5.69 Å². The van der Waals surface area contributed by atoms with E-state index in [1.165, 1.54) is 18.2 Å². The predicted octanol–water partition coefficient (Wildman–Crippen LogP) is 4.75. The van der Waals surface area contributed by atoms with Crippen LogP contribution in [0.1, 0.15) is 21.6 Å². The summed E-state index contributed by atoms with van der Waals surface area (Å²) in [7, 11) is 5.03. The Kier molecular flexibility index (Phi) is 7.89. The summed E-state index contributed by atoms with van der Waals surface area (Å²) in [5.41, 5.74) is 2.19. The van der Waals surface area contributed by atoms with Crippen LogP contribution in [0.15, 0.2) is 53.3 Å². The summed E-state index contributed by atoms with van der Waals surface area (Å²) in [4.78, 5) is 25.9. The molecule has 3 aromatic rings. The first-order chi connectivity index (χ1) is 15.7. The van der Waals surface area contributed by atoms with Crippen molar-refractivity contribution >= 4 is 34.9 Å². The number of ether oxygens (including phenoxy) is 2. The number of hydrogen-bond acceptors (Lipinski definition) is 5. The van der Waals surface area contributed by atoms with Crippen molar-refractivity contribution in [3.05, 3.63) is 85.8 Å². The smallest absolute Gasteiger partial charge is 0.335 e. The van der Waals surface area contributed by atoms with Crippen molar-refractivity contribution < 1.29 is 19.4 Å². The summed E-state index contributed by atoms with van der Waals surface area (Å²) in [6, 6.07) is 13.5. The van der Waals surface area contributed by atoms with E-state index in [0.717, 1.165) is 11.3 Å². The van der Waals surface area contributed by atoms with E-state index < -0.39 is 5.97 Å². The molecule has 2 aromatic carbocycles. The number of benzene rings is 2. The van der Waals surface area contributed by atoms with Crippen LogP contribution in [-0.2, 0) is 19.5 Å². The average molecular weight is 491 g/mol. The summed E-state index contributed by atoms with van der Waals surface area (Å²) in [5.74, 6) is 0.292. The van der Waals surface area contributed by atoms with Crippen LogP contribution in [0.3, 0.4) is 0 Å². The third-order valence-electron chi connectivity index (χ3n) is 5.29. The molecule has 1 N–H and O–H groups in total. The Bertz CT molecular complexity index is 1190. The molecule has 0 fully saturated rings. The number of carboxylic acids is 1. The lowest BCUT2D eigenvalue weighted by Crippen LogP contribution is -2.29. The van der Waals surface area contributed by atoms with Gasteiger partial charge in [-0.15, -0.1) is 0 Å². The molecule has 0 spiro atoms. The first kappa shape index (κ1) is 24.5. The molecule has 0 unspecified atom stereocenters. The van der Waals surface area contributed by atoms with Crippen molar-refractivity contribution in [2.24, 2.45) is 0 Å². The second-order valence-corrected chi connectivity index (χ2v) is 8.24. The molecule has 0 aliphatic rings. The molecule has 3 rings (SSSR count). The first-order valence-electron chi connectivity index (χ1n) is 10.1. The van der Waals surface area contributed by atoms with E-state index in [1.807, 2.05) is 24.1 Å². The van der Waals surface area contributed by atoms with E-state index in [9.17, 15) is 9.59 Å². The van der Waals surface area contributed by atoms with Crippen LogP contribution in [-0.4, -0.2) is 36.9 Å². The SMILES string of the molecule is COc1cc(OC)cc(N(C)Cc2c(Cl)cc(Cl)c(=O)n2CCc2ccc(C(=O)O)cc2)c1. The van der Waals surface area contributed by atoms with Gasteiger partial charge in [0.05, 0.1) is 37.0 Å². The van der Waals surface area contributed by atoms with E-state index in [1.54, 1.807) is 37.0 Å². The number of rotatable bonds is 9. The van der Waals surface area contributed by atoms with Crippen molar-refractivity contribution in [3.63, 3.8) is 0 Å². The van der Waals surface area contributed by atoms with Crippen LogP contribution in [0.2, 0.25) is 10.0 Å². The van der Waals surface area contributed by atoms with Gasteiger partial charge < -0.3 is 24.0 Å². The Morgan fingerprint density at radius 1 is 1.00 bits per heavy atom. The lowest BCUT2D eigenvalue weighted by atomic mass is 10.1. The maximum Gasteiger partial charge on any atom is 0.335 e. The van der Waals surface area contributed by atoms with Gasteiger partial charge in [0, 0.05) is 37.5 Å². The van der Waals surface area contributed by atoms with E-state index in [4.69, 9.17) is 37.8 Å². The fraction of sp³-hybridized carbons (Fsp3) is 0.250. The fourth-order valence-corrected chi connectivity index (χ4v) is 3.96. The van der Waals surface area contributed by atoms with Crippen molar-refractivity contribution in [1.82, 2.24) is 4.57 Å². The minimum absolute atomic E-state index is 0.0377. The number of anilines is 1. The van der Waals surface area contributed by atoms with Crippen LogP contribution in [0.5, 0.6) is 11.5 Å². The first-order valence-corrected chi connectivity index (χ1v) is 10.8. The summed E-state index contributed by atoms with van der Waals surface area (Å²) < 4.78 is 12.3. The molecule has 0 bridgehead atoms. The molecule has 7 nitrogen and oxygen atoms in total. The van der Waals surface area contributed by atoms with Gasteiger partial charge in [-0.2, -0.15) is 0 Å². The molecule has 0 radical (unpaired) electrons. The minimum atomic E-state index is -0.987. The van der Waals surface area contributed by atoms with Gasteiger partial charge >= 0.3 is 5.97 Å². The normalized spacial score (nSPS) is 10.7. The molecule has 1 heterocycles. The molecule has 174 valence electrons. The van der Waals surface area contributed by atoms with Crippen molar-refractivity contribution in [2.45, 2.75) is 19.5 Å². The number of carbonyl (C=O) groups is 1. The van der Waals surface area contributed by atoms with Gasteiger partial charge in [0.15, 0.2) is 0 Å². The van der Waals surface area contributed by atoms with Gasteiger partial charge in [0.2, 0.25) is 0 Å². The number of aromatic carboxylic acids is 1. The second kappa shape index (κ2) is 10.6. The molecule has 9 heteroatoms. The molecule has 0 saturated carbocycles. The van der Waals surface area contributed by atoms with Gasteiger partial charge in [0.25, 0.3) is 5.56 Å². The van der Waals surface area contributed by atoms with Gasteiger partial charge in [-0.05, 0) is 30.2 Å². The molecule has 33 heavy (non-hydrogen) atoms. The molecule has 0 atom stereocenters. The van der Waals surface area contributed by atoms with E-state index in [0.29, 0.717) is 41.7 Å². The lowest BCUT2D eigenvalue weighted by molar-refractivity contribution is 0.0697. The topological polar surface area (TPSA) is 81.0 Å². The number of nitrogens with zero attached hydrogens (tertiary/aromatic N) is 2. The predicted molar refractivity (Wildman–Crippen MR) is 129 cm³/mol. The number of hydrogen-bond donors (Lipinski definition) is 1. The molecule has 0 aliphatic carbocycles. The molecular formula is C24H24Cl2N2O5. The highest BCUT2D eigenvalue weighted by Crippen LogP contribution is 2.29. The Morgan fingerprint density at radius 3 is 2.15 bits per heavy atom. The summed E-state index contributed by atoms with van der Waals surface area (Å²) in [5, 5.41) is 9.48. The highest BCUT2D eigenvalue weighted by Gasteiger charge is 2.16. The number of aromatic nitrogens is 1. The van der Waals surface area contributed by atoms with Gasteiger partial charge in [0.1, 0.15) is 16.5 Å². The number of carboxylic acid groups (broad SMARTS) is 1. The number of pyridine rings is 1. The van der Waals surface area contributed by atoms with Crippen molar-refractivity contribution in [2.75, 3.05) is 26.2 Å². The molecular weight excluding hydrogens is 467 g/mol. The maximum absolute atomic E-state index is 12.9. The highest BCUT2D eigenvalue weighted by molar-refractivity contribution is 6.34. The minimum Gasteiger partial charge on any atom is -0.497 e. The van der Waals surface area contributed by atoms with Crippen molar-refractivity contribution in [3.8, 4) is 11.5 Å². The standard InChI is InChI=1S/C24H24Cl2N2O5/c1-27(17-10-18(32-2)12-19(11-17)33-3)14-22-20(25)13-21(26)23(29)28(22)9-8-15-4-6-16(7-5-15)24(30)31/h4-7,10-13H,8-9,14H2,1-3H3,(H,30,31). The van der Waals surface area contributed by atoms with Gasteiger partial charge in [-0.25, -0.2) is 4.79 Å². The third-order valence-corrected chi connectivity index (χ3v) is 5.89. The van der Waals surface area contributed by atoms with E-state index in [-0.39, 0.29) is 16.1 Å². The quantitative estimate of drug-likeness (QED) is 0.466.